The van der Waals surface area contributed by atoms with E-state index in [0.717, 1.165) is 39.2 Å². The first-order valence-corrected chi connectivity index (χ1v) is 7.44. The standard InChI is InChI=1S/C17H16N6O/c1-19-17-13-7-20-15(18)5-11(13)12(6-22-17)14-8-21-16-4-3-10(24-2)9-23(14)16/h3-9H,1-2H3,(H2,18,20)(H,19,22). The average molecular weight is 320 g/mol. The number of hydrogen-bond donors (Lipinski definition) is 2. The second-order valence-electron chi connectivity index (χ2n) is 5.37. The molecule has 7 heteroatoms. The van der Waals surface area contributed by atoms with Gasteiger partial charge in [-0.25, -0.2) is 15.0 Å². The Kier molecular flexibility index (Phi) is 3.19. The molecule has 3 N–H and O–H groups in total. The highest BCUT2D eigenvalue weighted by Gasteiger charge is 2.13. The van der Waals surface area contributed by atoms with Crippen LogP contribution in [0.5, 0.6) is 5.75 Å². The number of fused-ring (bicyclic) bond motifs is 2. The highest BCUT2D eigenvalue weighted by molar-refractivity contribution is 6.01. The zero-order valence-electron chi connectivity index (χ0n) is 13.3. The summed E-state index contributed by atoms with van der Waals surface area (Å²) in [6, 6.07) is 5.65. The summed E-state index contributed by atoms with van der Waals surface area (Å²) in [6.45, 7) is 0. The molecule has 0 radical (unpaired) electrons. The first kappa shape index (κ1) is 14.3. The van der Waals surface area contributed by atoms with E-state index in [4.69, 9.17) is 10.5 Å². The number of nitrogens with two attached hydrogens (primary N) is 1. The molecule has 0 saturated carbocycles. The van der Waals surface area contributed by atoms with Crippen molar-refractivity contribution in [2.45, 2.75) is 0 Å². The van der Waals surface area contributed by atoms with Crippen molar-refractivity contribution in [1.29, 1.82) is 0 Å². The lowest BCUT2D eigenvalue weighted by Gasteiger charge is -2.11. The summed E-state index contributed by atoms with van der Waals surface area (Å²) in [6.07, 6.45) is 7.27. The van der Waals surface area contributed by atoms with Gasteiger partial charge in [0.15, 0.2) is 0 Å². The third-order valence-corrected chi connectivity index (χ3v) is 4.02. The van der Waals surface area contributed by atoms with Gasteiger partial charge in [-0.05, 0) is 18.2 Å². The fourth-order valence-electron chi connectivity index (χ4n) is 2.84. The number of pyridine rings is 3. The Morgan fingerprint density at radius 3 is 2.75 bits per heavy atom. The summed E-state index contributed by atoms with van der Waals surface area (Å²) in [5.74, 6) is 1.98. The summed E-state index contributed by atoms with van der Waals surface area (Å²) in [4.78, 5) is 13.1. The van der Waals surface area contributed by atoms with Crippen molar-refractivity contribution in [3.8, 4) is 17.0 Å². The van der Waals surface area contributed by atoms with E-state index in [0.29, 0.717) is 5.82 Å². The molecule has 4 aromatic rings. The number of anilines is 2. The van der Waals surface area contributed by atoms with Crippen molar-refractivity contribution in [2.75, 3.05) is 25.2 Å². The van der Waals surface area contributed by atoms with Crippen molar-refractivity contribution < 1.29 is 4.74 Å². The van der Waals surface area contributed by atoms with Crippen LogP contribution in [0, 0.1) is 0 Å². The molecule has 0 aromatic carbocycles. The first-order valence-electron chi connectivity index (χ1n) is 7.44. The molecule has 7 nitrogen and oxygen atoms in total. The molecule has 4 aromatic heterocycles. The Hall–Kier alpha value is -3.35. The molecule has 4 heterocycles. The van der Waals surface area contributed by atoms with Crippen molar-refractivity contribution in [2.24, 2.45) is 0 Å². The summed E-state index contributed by atoms with van der Waals surface area (Å²) in [7, 11) is 3.47. The van der Waals surface area contributed by atoms with E-state index in [1.165, 1.54) is 0 Å². The van der Waals surface area contributed by atoms with Gasteiger partial charge >= 0.3 is 0 Å². The minimum Gasteiger partial charge on any atom is -0.495 e. The van der Waals surface area contributed by atoms with Gasteiger partial charge in [0, 0.05) is 35.8 Å². The van der Waals surface area contributed by atoms with Gasteiger partial charge in [-0.15, -0.1) is 0 Å². The van der Waals surface area contributed by atoms with Crippen LogP contribution in [0.4, 0.5) is 11.6 Å². The number of rotatable bonds is 3. The number of nitrogens with zero attached hydrogens (tertiary/aromatic N) is 4. The van der Waals surface area contributed by atoms with Gasteiger partial charge in [-0.3, -0.25) is 4.40 Å². The largest absolute Gasteiger partial charge is 0.495 e. The van der Waals surface area contributed by atoms with E-state index in [1.54, 1.807) is 13.3 Å². The number of hydrogen-bond acceptors (Lipinski definition) is 6. The van der Waals surface area contributed by atoms with Crippen LogP contribution >= 0.6 is 0 Å². The number of aromatic nitrogens is 4. The smallest absolute Gasteiger partial charge is 0.137 e. The van der Waals surface area contributed by atoms with Gasteiger partial charge < -0.3 is 15.8 Å². The molecule has 0 bridgehead atoms. The number of imidazole rings is 1. The molecule has 4 rings (SSSR count). The Balaban J connectivity index is 2.05. The van der Waals surface area contributed by atoms with Gasteiger partial charge in [0.2, 0.25) is 0 Å². The van der Waals surface area contributed by atoms with Crippen molar-refractivity contribution in [3.63, 3.8) is 0 Å². The fraction of sp³-hybridized carbons (Fsp3) is 0.118. The predicted molar refractivity (Wildman–Crippen MR) is 94.2 cm³/mol. The van der Waals surface area contributed by atoms with Crippen molar-refractivity contribution in [3.05, 3.63) is 43.0 Å². The number of ether oxygens (including phenoxy) is 1. The van der Waals surface area contributed by atoms with E-state index >= 15 is 0 Å². The molecular formula is C17H16N6O. The zero-order chi connectivity index (χ0) is 16.7. The minimum absolute atomic E-state index is 0.461. The Labute approximate surface area is 138 Å². The van der Waals surface area contributed by atoms with E-state index in [9.17, 15) is 0 Å². The quantitative estimate of drug-likeness (QED) is 0.603. The fourth-order valence-corrected chi connectivity index (χ4v) is 2.84. The van der Waals surface area contributed by atoms with E-state index in [2.05, 4.69) is 20.3 Å². The van der Waals surface area contributed by atoms with Crippen LogP contribution in [0.3, 0.4) is 0 Å². The van der Waals surface area contributed by atoms with Crippen LogP contribution in [0.1, 0.15) is 0 Å². The number of methoxy groups -OCH3 is 1. The molecule has 0 saturated heterocycles. The van der Waals surface area contributed by atoms with Crippen molar-refractivity contribution in [1.82, 2.24) is 19.4 Å². The Morgan fingerprint density at radius 2 is 1.96 bits per heavy atom. The molecule has 0 amide bonds. The maximum atomic E-state index is 5.90. The van der Waals surface area contributed by atoms with Crippen LogP contribution in [-0.4, -0.2) is 33.5 Å². The lowest BCUT2D eigenvalue weighted by molar-refractivity contribution is 0.412. The second kappa shape index (κ2) is 5.38. The first-order chi connectivity index (χ1) is 11.7. The molecular weight excluding hydrogens is 304 g/mol. The molecule has 0 aliphatic rings. The highest BCUT2D eigenvalue weighted by atomic mass is 16.5. The summed E-state index contributed by atoms with van der Waals surface area (Å²) in [5, 5.41) is 4.95. The van der Waals surface area contributed by atoms with Gasteiger partial charge in [0.05, 0.1) is 25.2 Å². The van der Waals surface area contributed by atoms with Gasteiger partial charge in [-0.2, -0.15) is 0 Å². The van der Waals surface area contributed by atoms with Crippen LogP contribution < -0.4 is 15.8 Å². The van der Waals surface area contributed by atoms with E-state index in [1.807, 2.05) is 48.2 Å². The van der Waals surface area contributed by atoms with Crippen LogP contribution in [0.2, 0.25) is 0 Å². The predicted octanol–water partition coefficient (Wildman–Crippen LogP) is 2.58. The third-order valence-electron chi connectivity index (χ3n) is 4.02. The molecule has 0 aliphatic heterocycles. The Bertz CT molecular complexity index is 1060. The normalized spacial score (nSPS) is 11.1. The van der Waals surface area contributed by atoms with Crippen LogP contribution in [0.25, 0.3) is 27.7 Å². The summed E-state index contributed by atoms with van der Waals surface area (Å²) >= 11 is 0. The van der Waals surface area contributed by atoms with E-state index < -0.39 is 0 Å². The van der Waals surface area contributed by atoms with Crippen LogP contribution in [0.15, 0.2) is 43.0 Å². The summed E-state index contributed by atoms with van der Waals surface area (Å²) < 4.78 is 7.30. The molecule has 120 valence electrons. The Morgan fingerprint density at radius 1 is 1.08 bits per heavy atom. The topological polar surface area (TPSA) is 90.4 Å². The summed E-state index contributed by atoms with van der Waals surface area (Å²) in [5.41, 5.74) is 8.57. The molecule has 0 aliphatic carbocycles. The molecule has 0 spiro atoms. The van der Waals surface area contributed by atoms with Gasteiger partial charge in [0.1, 0.15) is 23.0 Å². The van der Waals surface area contributed by atoms with Crippen LogP contribution in [-0.2, 0) is 0 Å². The lowest BCUT2D eigenvalue weighted by atomic mass is 10.1. The zero-order valence-corrected chi connectivity index (χ0v) is 13.3. The molecule has 0 fully saturated rings. The molecule has 24 heavy (non-hydrogen) atoms. The third kappa shape index (κ3) is 2.10. The van der Waals surface area contributed by atoms with E-state index in [-0.39, 0.29) is 0 Å². The lowest BCUT2D eigenvalue weighted by Crippen LogP contribution is -1.98. The van der Waals surface area contributed by atoms with Crippen molar-refractivity contribution >= 4 is 28.1 Å². The average Bonchev–Trinajstić information content (AvgIpc) is 3.03. The minimum atomic E-state index is 0.461. The number of nitrogens with one attached hydrogen (secondary N) is 1. The van der Waals surface area contributed by atoms with Gasteiger partial charge in [0.25, 0.3) is 0 Å². The SMILES string of the molecule is CNc1ncc(-c2cnc3ccc(OC)cn23)c2cc(N)ncc12. The second-order valence-corrected chi connectivity index (χ2v) is 5.37. The number of nitrogen functional groups attached to an aromatic ring is 1. The molecule has 0 atom stereocenters. The van der Waals surface area contributed by atoms with Gasteiger partial charge in [-0.1, -0.05) is 0 Å². The monoisotopic (exact) mass is 320 g/mol. The maximum Gasteiger partial charge on any atom is 0.137 e. The molecule has 0 unspecified atom stereocenters. The highest BCUT2D eigenvalue weighted by Crippen LogP contribution is 2.32. The maximum absolute atomic E-state index is 5.90.